The normalized spacial score (nSPS) is 17.2. The first-order chi connectivity index (χ1) is 57.7. The molecule has 8 heterocycles. The summed E-state index contributed by atoms with van der Waals surface area (Å²) in [5, 5.41) is 11.0. The van der Waals surface area contributed by atoms with Crippen LogP contribution in [0.3, 0.4) is 0 Å². The van der Waals surface area contributed by atoms with Crippen LogP contribution in [0.2, 0.25) is 101 Å². The van der Waals surface area contributed by atoms with E-state index in [2.05, 4.69) is 400 Å². The highest BCUT2D eigenvalue weighted by atomic mass is 28.3. The zero-order valence-electron chi connectivity index (χ0n) is 82.4. The number of fused-ring (bicyclic) bond motifs is 4. The molecule has 4 fully saturated rings. The summed E-state index contributed by atoms with van der Waals surface area (Å²) in [6, 6.07) is 71.7. The van der Waals surface area contributed by atoms with Crippen molar-refractivity contribution in [3.05, 3.63) is 260 Å². The second kappa shape index (κ2) is 36.9. The Balaban J connectivity index is 0.000000141. The Morgan fingerprint density at radius 3 is 0.854 bits per heavy atom. The zero-order valence-corrected chi connectivity index (χ0v) is 86.4. The lowest BCUT2D eigenvalue weighted by molar-refractivity contribution is -0.659. The second-order valence-corrected chi connectivity index (χ2v) is 66.8. The van der Waals surface area contributed by atoms with Crippen molar-refractivity contribution < 1.29 is 18.3 Å². The lowest BCUT2D eigenvalue weighted by atomic mass is 9.82. The van der Waals surface area contributed by atoms with Crippen LogP contribution in [0, 0.1) is 41.5 Å². The van der Waals surface area contributed by atoms with E-state index in [4.69, 9.17) is 0 Å². The van der Waals surface area contributed by atoms with Gasteiger partial charge < -0.3 is 0 Å². The van der Waals surface area contributed by atoms with Gasteiger partial charge in [-0.05, 0) is 299 Å². The molecule has 0 spiro atoms. The van der Waals surface area contributed by atoms with Crippen LogP contribution in [0.5, 0.6) is 0 Å². The molecule has 0 bridgehead atoms. The summed E-state index contributed by atoms with van der Waals surface area (Å²) in [6.07, 6.45) is 20.0. The molecule has 4 aliphatic heterocycles. The fourth-order valence-corrected chi connectivity index (χ4v) is 31.2. The van der Waals surface area contributed by atoms with Gasteiger partial charge in [-0.15, -0.1) is 0 Å². The van der Waals surface area contributed by atoms with Gasteiger partial charge in [0.15, 0.2) is 24.8 Å². The van der Waals surface area contributed by atoms with Crippen LogP contribution < -0.4 is 18.3 Å². The Hall–Kier alpha value is -7.73. The van der Waals surface area contributed by atoms with Crippen molar-refractivity contribution in [3.63, 3.8) is 0 Å². The zero-order chi connectivity index (χ0) is 89.1. The van der Waals surface area contributed by atoms with Crippen molar-refractivity contribution in [2.75, 3.05) is 0 Å². The van der Waals surface area contributed by atoms with Crippen molar-refractivity contribution >= 4 is 75.4 Å². The first-order valence-electron chi connectivity index (χ1n) is 47.9. The largest absolute Gasteiger partial charge is 0.220 e. The van der Waals surface area contributed by atoms with Crippen molar-refractivity contribution in [2.24, 2.45) is 28.2 Å². The molecule has 0 saturated carbocycles. The molecule has 4 saturated heterocycles. The lowest BCUT2D eigenvalue weighted by Gasteiger charge is -2.33. The highest BCUT2D eigenvalue weighted by molar-refractivity contribution is 6.78. The van der Waals surface area contributed by atoms with Gasteiger partial charge in [-0.3, -0.25) is 0 Å². The van der Waals surface area contributed by atoms with Crippen LogP contribution in [0.4, 0.5) is 0 Å². The molecule has 12 aromatic rings. The highest BCUT2D eigenvalue weighted by Crippen LogP contribution is 2.47. The quantitative estimate of drug-likeness (QED) is 0.0906. The Kier molecular flexibility index (Phi) is 27.9. The van der Waals surface area contributed by atoms with Crippen LogP contribution in [-0.2, 0) is 39.0 Å². The first-order valence-corrected chi connectivity index (χ1v) is 61.6. The molecule has 8 aromatic carbocycles. The number of aryl methyl sites for hydroxylation is 7. The monoisotopic (exact) mass is 1710 g/mol. The van der Waals surface area contributed by atoms with E-state index >= 15 is 0 Å². The molecule has 0 unspecified atom stereocenters. The molecule has 16 rings (SSSR count). The fourth-order valence-electron chi connectivity index (χ4n) is 21.1. The number of hydrogen-bond donors (Lipinski definition) is 0. The van der Waals surface area contributed by atoms with Crippen LogP contribution in [0.1, 0.15) is 259 Å². The summed E-state index contributed by atoms with van der Waals surface area (Å²) in [4.78, 5) is 0. The Labute approximate surface area is 750 Å². The van der Waals surface area contributed by atoms with Crippen molar-refractivity contribution in [2.45, 2.75) is 329 Å². The maximum absolute atomic E-state index is 2.56. The smallest absolute Gasteiger partial charge is 0.200 e. The summed E-state index contributed by atoms with van der Waals surface area (Å²) in [7, 11) is 5.11. The number of nitrogens with zero attached hydrogens (tertiary/aromatic N) is 4. The van der Waals surface area contributed by atoms with Gasteiger partial charge in [-0.1, -0.05) is 263 Å². The maximum atomic E-state index is 2.56. The van der Waals surface area contributed by atoms with Gasteiger partial charge in [0, 0.05) is 62.1 Å². The topological polar surface area (TPSA) is 15.5 Å². The molecule has 0 atom stereocenters. The van der Waals surface area contributed by atoms with Crippen LogP contribution in [0.25, 0.3) is 88.1 Å². The Morgan fingerprint density at radius 1 is 0.276 bits per heavy atom. The van der Waals surface area contributed by atoms with Crippen molar-refractivity contribution in [1.82, 2.24) is 0 Å². The average Bonchev–Trinajstić information content (AvgIpc) is 0.770. The Morgan fingerprint density at radius 2 is 0.553 bits per heavy atom. The predicted molar refractivity (Wildman–Crippen MR) is 547 cm³/mol. The standard InChI is InChI=1S/C30H42NSi.C29H40NSi.2C28H38NSi/c1-20(2)26-18-28(21(3)4)22(5)29(19-26)30-27-10-9-24(17-25(27)11-14-31(30)6)23-12-15-32(7,8)16-13-23;1-20-17-25(29(3,4)5)19-27(21(20)2)28-26-10-9-23(18-24(26)11-14-30(28)6)22-12-15-31(7,8)16-13-22;1-20-8-10-24(28(2,3)4)19-26(20)27-25-11-9-22(18-23(25)12-15-29(27)5)21-13-16-30(6,7)17-14-21;1-19(2)25-16-20(3)21(4)27(18-25)28-26-9-8-23(17-24(26)10-13-29(28)5)22-11-14-30(6,7)15-12-22/h9-11,14,17-21,23H,12-13,15-16H2,1-8H3;9-11,14,17-19,22H,12-13,15-16H2,1-8H3;8-12,15,18-19,21H,13-14,16-17H2,1-7H3;8-10,13,16-19,22H,11-12,14-15H2,1-7H3/q4*+1. The van der Waals surface area contributed by atoms with E-state index in [0.717, 1.165) is 23.7 Å². The minimum Gasteiger partial charge on any atom is -0.200 e. The number of rotatable bonds is 11. The summed E-state index contributed by atoms with van der Waals surface area (Å²) in [5.41, 5.74) is 32.8. The highest BCUT2D eigenvalue weighted by Gasteiger charge is 2.36. The van der Waals surface area contributed by atoms with Gasteiger partial charge in [-0.25, -0.2) is 18.3 Å². The molecule has 4 nitrogen and oxygen atoms in total. The fraction of sp³-hybridized carbons (Fsp3) is 0.478. The third-order valence-corrected chi connectivity index (χ3v) is 43.8. The second-order valence-electron chi connectivity index (χ2n) is 45.5. The number of pyridine rings is 4. The molecule has 4 aliphatic rings. The maximum Gasteiger partial charge on any atom is 0.220 e. The summed E-state index contributed by atoms with van der Waals surface area (Å²) in [6.45, 7) is 61.8. The van der Waals surface area contributed by atoms with Crippen molar-refractivity contribution in [1.29, 1.82) is 0 Å². The summed E-state index contributed by atoms with van der Waals surface area (Å²) in [5.74, 6) is 4.58. The minimum atomic E-state index is -0.919. The van der Waals surface area contributed by atoms with Gasteiger partial charge in [0.2, 0.25) is 22.8 Å². The van der Waals surface area contributed by atoms with E-state index in [-0.39, 0.29) is 10.8 Å². The lowest BCUT2D eigenvalue weighted by Crippen LogP contribution is -2.31. The van der Waals surface area contributed by atoms with Gasteiger partial charge in [0.05, 0.1) is 38.2 Å². The van der Waals surface area contributed by atoms with Gasteiger partial charge in [0.25, 0.3) is 0 Å². The molecular weight excluding hydrogens is 1550 g/mol. The molecule has 0 N–H and O–H groups in total. The van der Waals surface area contributed by atoms with Crippen molar-refractivity contribution in [3.8, 4) is 45.0 Å². The molecule has 123 heavy (non-hydrogen) atoms. The molecule has 4 aromatic heterocycles. The first kappa shape index (κ1) is 92.9. The van der Waals surface area contributed by atoms with E-state index < -0.39 is 32.3 Å². The molecule has 0 amide bonds. The number of aromatic nitrogens is 4. The van der Waals surface area contributed by atoms with E-state index in [1.54, 1.807) is 22.3 Å². The van der Waals surface area contributed by atoms with E-state index in [0.29, 0.717) is 17.8 Å². The number of hydrogen-bond acceptors (Lipinski definition) is 0. The molecule has 650 valence electrons. The molecule has 0 radical (unpaired) electrons. The SMILES string of the molecule is Cc1c(-c2c3ccc(C4CC[Si](C)(C)CC4)cc3cc[n+]2C)cc(C(C)C)cc1C(C)C.Cc1cc(C(C)(C)C)cc(-c2c3ccc(C4CC[Si](C)(C)CC4)cc3cc[n+]2C)c1C.Cc1cc(C(C)C)cc(-c2c3ccc(C4CC[Si](C)(C)CC4)cc3cc[n+]2C)c1C.Cc1ccc(C(C)(C)C)cc1-c1c2ccc(C3CC[Si](C)(C)CC3)cc2cc[n+]1C. The van der Waals surface area contributed by atoms with Crippen LogP contribution in [0.15, 0.2) is 176 Å². The van der Waals surface area contributed by atoms with Gasteiger partial charge >= 0.3 is 0 Å². The third-order valence-electron chi connectivity index (χ3n) is 30.7. The minimum absolute atomic E-state index is 0.140. The predicted octanol–water partition coefficient (Wildman–Crippen LogP) is 31.5. The summed E-state index contributed by atoms with van der Waals surface area (Å²) >= 11 is 0. The van der Waals surface area contributed by atoms with E-state index in [1.807, 2.05) is 0 Å². The van der Waals surface area contributed by atoms with Crippen LogP contribution >= 0.6 is 0 Å². The average molecular weight is 1710 g/mol. The molecular formula is C115H158N4Si4+4. The van der Waals surface area contributed by atoms with Gasteiger partial charge in [-0.2, -0.15) is 0 Å². The third kappa shape index (κ3) is 21.1. The van der Waals surface area contributed by atoms with E-state index in [9.17, 15) is 0 Å². The van der Waals surface area contributed by atoms with Gasteiger partial charge in [0.1, 0.15) is 28.2 Å². The molecule has 8 heteroatoms. The summed E-state index contributed by atoms with van der Waals surface area (Å²) < 4.78 is 9.24. The Bertz CT molecular complexity index is 5850. The van der Waals surface area contributed by atoms with Crippen LogP contribution in [-0.4, -0.2) is 32.3 Å². The van der Waals surface area contributed by atoms with E-state index in [1.165, 1.54) is 249 Å². The molecule has 0 aliphatic carbocycles. The number of benzene rings is 8.